The summed E-state index contributed by atoms with van der Waals surface area (Å²) < 4.78 is 29.4. The molecule has 3 rings (SSSR count). The fourth-order valence-corrected chi connectivity index (χ4v) is 5.13. The Bertz CT molecular complexity index is 953. The number of carbonyl (C=O) groups is 1. The van der Waals surface area contributed by atoms with Crippen molar-refractivity contribution in [2.24, 2.45) is 0 Å². The highest BCUT2D eigenvalue weighted by molar-refractivity contribution is 9.10. The minimum Gasteiger partial charge on any atom is -0.311 e. The lowest BCUT2D eigenvalue weighted by atomic mass is 10.0. The second-order valence-corrected chi connectivity index (χ2v) is 9.28. The Kier molecular flexibility index (Phi) is 5.12. The molecule has 0 saturated carbocycles. The second-order valence-electron chi connectivity index (χ2n) is 6.71. The number of fused-ring (bicyclic) bond motifs is 1. The molecular weight excluding hydrogens is 416 g/mol. The van der Waals surface area contributed by atoms with Gasteiger partial charge in [-0.05, 0) is 47.7 Å². The van der Waals surface area contributed by atoms with E-state index in [1.165, 1.54) is 11.8 Å². The standard InChI is InChI=1S/C19H21BrN2O3S/c1-12(2)14-4-6-17(7-5-14)21-26(24,25)18-11-16(20)10-15-8-9-22(13(3)23)19(15)18/h4-7,10-12,21H,8-9H2,1-3H3. The van der Waals surface area contributed by atoms with Gasteiger partial charge in [-0.25, -0.2) is 8.42 Å². The molecule has 0 bridgehead atoms. The smallest absolute Gasteiger partial charge is 0.264 e. The van der Waals surface area contributed by atoms with Crippen molar-refractivity contribution in [3.8, 4) is 0 Å². The van der Waals surface area contributed by atoms with E-state index in [2.05, 4.69) is 34.5 Å². The van der Waals surface area contributed by atoms with Gasteiger partial charge in [0.1, 0.15) is 4.90 Å². The maximum atomic E-state index is 13.0. The van der Waals surface area contributed by atoms with Crippen LogP contribution in [0.5, 0.6) is 0 Å². The van der Waals surface area contributed by atoms with E-state index in [4.69, 9.17) is 0 Å². The number of amides is 1. The molecule has 26 heavy (non-hydrogen) atoms. The quantitative estimate of drug-likeness (QED) is 0.777. The average Bonchev–Trinajstić information content (AvgIpc) is 2.97. The number of sulfonamides is 1. The topological polar surface area (TPSA) is 66.5 Å². The first kappa shape index (κ1) is 18.9. The molecule has 0 unspecified atom stereocenters. The number of carbonyl (C=O) groups excluding carboxylic acids is 1. The van der Waals surface area contributed by atoms with Gasteiger partial charge in [-0.1, -0.05) is 41.9 Å². The van der Waals surface area contributed by atoms with Gasteiger partial charge in [-0.3, -0.25) is 9.52 Å². The normalized spacial score (nSPS) is 13.8. The number of rotatable bonds is 4. The third kappa shape index (κ3) is 3.64. The molecule has 0 spiro atoms. The first-order valence-corrected chi connectivity index (χ1v) is 10.7. The number of benzene rings is 2. The van der Waals surface area contributed by atoms with Crippen LogP contribution < -0.4 is 9.62 Å². The first-order chi connectivity index (χ1) is 12.2. The molecule has 1 aliphatic heterocycles. The Morgan fingerprint density at radius 3 is 2.42 bits per heavy atom. The van der Waals surface area contributed by atoms with Crippen LogP contribution in [0, 0.1) is 0 Å². The third-order valence-electron chi connectivity index (χ3n) is 4.49. The van der Waals surface area contributed by atoms with Crippen molar-refractivity contribution >= 4 is 43.2 Å². The van der Waals surface area contributed by atoms with Crippen LogP contribution in [-0.4, -0.2) is 20.9 Å². The first-order valence-electron chi connectivity index (χ1n) is 8.42. The van der Waals surface area contributed by atoms with E-state index in [0.29, 0.717) is 34.7 Å². The summed E-state index contributed by atoms with van der Waals surface area (Å²) in [7, 11) is -3.83. The average molecular weight is 437 g/mol. The van der Waals surface area contributed by atoms with E-state index in [1.807, 2.05) is 18.2 Å². The molecule has 0 aliphatic carbocycles. The molecule has 0 radical (unpaired) electrons. The summed E-state index contributed by atoms with van der Waals surface area (Å²) in [5.74, 6) is 0.210. The van der Waals surface area contributed by atoms with Gasteiger partial charge in [0.15, 0.2) is 0 Å². The molecule has 0 saturated heterocycles. The largest absolute Gasteiger partial charge is 0.311 e. The van der Waals surface area contributed by atoms with Crippen LogP contribution in [0.15, 0.2) is 45.8 Å². The molecule has 0 aromatic heterocycles. The van der Waals surface area contributed by atoms with Crippen LogP contribution >= 0.6 is 15.9 Å². The van der Waals surface area contributed by atoms with Crippen molar-refractivity contribution in [1.82, 2.24) is 0 Å². The van der Waals surface area contributed by atoms with Gasteiger partial charge in [0.25, 0.3) is 10.0 Å². The van der Waals surface area contributed by atoms with Crippen LogP contribution in [0.4, 0.5) is 11.4 Å². The summed E-state index contributed by atoms with van der Waals surface area (Å²) in [5.41, 5.74) is 2.96. The lowest BCUT2D eigenvalue weighted by Gasteiger charge is -2.19. The predicted octanol–water partition coefficient (Wildman–Crippen LogP) is 4.28. The van der Waals surface area contributed by atoms with E-state index in [9.17, 15) is 13.2 Å². The van der Waals surface area contributed by atoms with Gasteiger partial charge in [-0.2, -0.15) is 0 Å². The number of nitrogens with zero attached hydrogens (tertiary/aromatic N) is 1. The second kappa shape index (κ2) is 7.04. The molecule has 1 heterocycles. The van der Waals surface area contributed by atoms with Crippen LogP contribution in [0.1, 0.15) is 37.8 Å². The van der Waals surface area contributed by atoms with Crippen LogP contribution in [0.3, 0.4) is 0 Å². The number of hydrogen-bond donors (Lipinski definition) is 1. The molecule has 1 aliphatic rings. The highest BCUT2D eigenvalue weighted by Gasteiger charge is 2.31. The molecule has 2 aromatic carbocycles. The molecule has 7 heteroatoms. The van der Waals surface area contributed by atoms with Crippen molar-refractivity contribution in [1.29, 1.82) is 0 Å². The Hall–Kier alpha value is -1.86. The van der Waals surface area contributed by atoms with Crippen molar-refractivity contribution in [2.75, 3.05) is 16.2 Å². The van der Waals surface area contributed by atoms with Crippen molar-refractivity contribution in [3.05, 3.63) is 52.0 Å². The number of nitrogens with one attached hydrogen (secondary N) is 1. The lowest BCUT2D eigenvalue weighted by molar-refractivity contribution is -0.116. The maximum absolute atomic E-state index is 13.0. The molecule has 5 nitrogen and oxygen atoms in total. The Morgan fingerprint density at radius 1 is 1.19 bits per heavy atom. The number of halogens is 1. The van der Waals surface area contributed by atoms with Gasteiger partial charge in [0, 0.05) is 23.6 Å². The van der Waals surface area contributed by atoms with Crippen LogP contribution in [0.25, 0.3) is 0 Å². The summed E-state index contributed by atoms with van der Waals surface area (Å²) in [5, 5.41) is 0. The fraction of sp³-hybridized carbons (Fsp3) is 0.316. The van der Waals surface area contributed by atoms with Crippen LogP contribution in [-0.2, 0) is 21.2 Å². The summed E-state index contributed by atoms with van der Waals surface area (Å²) in [6, 6.07) is 10.8. The summed E-state index contributed by atoms with van der Waals surface area (Å²) in [6.07, 6.45) is 0.639. The molecule has 1 amide bonds. The van der Waals surface area contributed by atoms with Crippen molar-refractivity contribution in [2.45, 2.75) is 38.0 Å². The minimum atomic E-state index is -3.83. The molecule has 0 atom stereocenters. The Morgan fingerprint density at radius 2 is 1.85 bits per heavy atom. The van der Waals surface area contributed by atoms with Gasteiger partial charge in [-0.15, -0.1) is 0 Å². The number of anilines is 2. The summed E-state index contributed by atoms with van der Waals surface area (Å²) in [4.78, 5) is 13.6. The van der Waals surface area contributed by atoms with Crippen molar-refractivity contribution < 1.29 is 13.2 Å². The highest BCUT2D eigenvalue weighted by atomic mass is 79.9. The van der Waals surface area contributed by atoms with E-state index >= 15 is 0 Å². The zero-order valence-electron chi connectivity index (χ0n) is 14.9. The predicted molar refractivity (Wildman–Crippen MR) is 107 cm³/mol. The van der Waals surface area contributed by atoms with Crippen LogP contribution in [0.2, 0.25) is 0 Å². The van der Waals surface area contributed by atoms with E-state index in [-0.39, 0.29) is 10.8 Å². The third-order valence-corrected chi connectivity index (χ3v) is 6.35. The molecular formula is C19H21BrN2O3S. The van der Waals surface area contributed by atoms with Gasteiger partial charge in [0.2, 0.25) is 5.91 Å². The van der Waals surface area contributed by atoms with Gasteiger partial charge < -0.3 is 4.90 Å². The van der Waals surface area contributed by atoms with Gasteiger partial charge >= 0.3 is 0 Å². The monoisotopic (exact) mass is 436 g/mol. The Labute approximate surface area is 162 Å². The minimum absolute atomic E-state index is 0.113. The SMILES string of the molecule is CC(=O)N1CCc2cc(Br)cc(S(=O)(=O)Nc3ccc(C(C)C)cc3)c21. The Balaban J connectivity index is 2.01. The van der Waals surface area contributed by atoms with Crippen molar-refractivity contribution in [3.63, 3.8) is 0 Å². The molecule has 138 valence electrons. The molecule has 1 N–H and O–H groups in total. The number of hydrogen-bond acceptors (Lipinski definition) is 3. The highest BCUT2D eigenvalue weighted by Crippen LogP contribution is 2.38. The zero-order chi connectivity index (χ0) is 19.1. The zero-order valence-corrected chi connectivity index (χ0v) is 17.3. The van der Waals surface area contributed by atoms with E-state index < -0.39 is 10.0 Å². The van der Waals surface area contributed by atoms with E-state index in [1.54, 1.807) is 18.2 Å². The van der Waals surface area contributed by atoms with E-state index in [0.717, 1.165) is 11.1 Å². The lowest BCUT2D eigenvalue weighted by Crippen LogP contribution is -2.28. The fourth-order valence-electron chi connectivity index (χ4n) is 3.14. The summed E-state index contributed by atoms with van der Waals surface area (Å²) in [6.45, 7) is 6.11. The molecule has 0 fully saturated rings. The summed E-state index contributed by atoms with van der Waals surface area (Å²) >= 11 is 3.38. The molecule has 2 aromatic rings. The van der Waals surface area contributed by atoms with Gasteiger partial charge in [0.05, 0.1) is 5.69 Å². The maximum Gasteiger partial charge on any atom is 0.264 e.